The van der Waals surface area contributed by atoms with Crippen LogP contribution in [-0.4, -0.2) is 146 Å². The third kappa shape index (κ3) is 24.8. The fraction of sp³-hybridized carbons (Fsp3) is 0.818. The predicted molar refractivity (Wildman–Crippen MR) is 227 cm³/mol. The first kappa shape index (κ1) is 60.1. The first-order chi connectivity index (χ1) is 30.6. The molecule has 0 aliphatic carbocycles. The normalized spacial score (nSPS) is 14.7. The van der Waals surface area contributed by atoms with Crippen molar-refractivity contribution < 1.29 is 100 Å². The second-order valence-corrected chi connectivity index (χ2v) is 17.1. The van der Waals surface area contributed by atoms with E-state index in [1.807, 2.05) is 20.8 Å². The number of carbonyl (C=O) groups excluding carboxylic acids is 8. The summed E-state index contributed by atoms with van der Waals surface area (Å²) in [7, 11) is 1.36. The van der Waals surface area contributed by atoms with E-state index < -0.39 is 116 Å². The molecule has 1 N–H and O–H groups in total. The molecule has 0 rings (SSSR count). The van der Waals surface area contributed by atoms with E-state index in [4.69, 9.17) is 56.8 Å². The van der Waals surface area contributed by atoms with Crippen molar-refractivity contribution in [2.45, 2.75) is 114 Å². The number of rotatable bonds is 34. The maximum atomic E-state index is 13.2. The highest BCUT2D eigenvalue weighted by molar-refractivity contribution is 5.79. The van der Waals surface area contributed by atoms with Gasteiger partial charge >= 0.3 is 48.3 Å². The van der Waals surface area contributed by atoms with Crippen LogP contribution in [0.15, 0.2) is 0 Å². The molecule has 0 aromatic rings. The number of esters is 5. The van der Waals surface area contributed by atoms with Crippen LogP contribution in [0.4, 0.5) is 14.4 Å². The molecule has 4 unspecified atom stereocenters. The van der Waals surface area contributed by atoms with Gasteiger partial charge in [0.15, 0.2) is 0 Å². The smallest absolute Gasteiger partial charge is 0.465 e. The van der Waals surface area contributed by atoms with Gasteiger partial charge < -0.3 is 61.9 Å². The minimum atomic E-state index is -1.63. The van der Waals surface area contributed by atoms with Gasteiger partial charge in [0, 0.05) is 14.0 Å². The van der Waals surface area contributed by atoms with Crippen molar-refractivity contribution in [2.24, 2.45) is 27.6 Å². The Labute approximate surface area is 382 Å². The zero-order chi connectivity index (χ0) is 49.5. The van der Waals surface area contributed by atoms with Gasteiger partial charge in [-0.2, -0.15) is 0 Å². The Kier molecular flexibility index (Phi) is 29.5. The van der Waals surface area contributed by atoms with Crippen molar-refractivity contribution in [1.82, 2.24) is 0 Å². The van der Waals surface area contributed by atoms with E-state index in [1.165, 1.54) is 34.8 Å². The number of ether oxygens (including phenoxy) is 12. The molecular weight excluding hydrogens is 864 g/mol. The summed E-state index contributed by atoms with van der Waals surface area (Å²) in [6.45, 7) is 10.5. The van der Waals surface area contributed by atoms with Gasteiger partial charge in [0.1, 0.15) is 61.3 Å². The summed E-state index contributed by atoms with van der Waals surface area (Å²) in [5.74, 6) is -3.44. The van der Waals surface area contributed by atoms with Gasteiger partial charge in [-0.25, -0.2) is 14.4 Å². The number of carbonyl (C=O) groups is 8. The highest BCUT2D eigenvalue weighted by Gasteiger charge is 2.42. The van der Waals surface area contributed by atoms with E-state index in [0.717, 1.165) is 13.3 Å². The number of methoxy groups -OCH3 is 1. The Hall–Kier alpha value is -4.92. The van der Waals surface area contributed by atoms with Crippen molar-refractivity contribution >= 4 is 48.3 Å². The van der Waals surface area contributed by atoms with Crippen LogP contribution in [0, 0.1) is 27.6 Å². The minimum Gasteiger partial charge on any atom is -0.465 e. The molecule has 0 heterocycles. The first-order valence-electron chi connectivity index (χ1n) is 21.9. The monoisotopic (exact) mass is 938 g/mol. The fourth-order valence-electron chi connectivity index (χ4n) is 5.02. The zero-order valence-corrected chi connectivity index (χ0v) is 40.0. The van der Waals surface area contributed by atoms with Gasteiger partial charge in [0.2, 0.25) is 0 Å². The summed E-state index contributed by atoms with van der Waals surface area (Å²) >= 11 is 0. The highest BCUT2D eigenvalue weighted by Crippen LogP contribution is 2.25. The molecule has 0 aliphatic rings. The summed E-state index contributed by atoms with van der Waals surface area (Å²) in [6, 6.07) is 0. The molecule has 0 saturated heterocycles. The highest BCUT2D eigenvalue weighted by atomic mass is 16.7. The summed E-state index contributed by atoms with van der Waals surface area (Å²) in [6.07, 6.45) is 1.41. The van der Waals surface area contributed by atoms with Gasteiger partial charge in [-0.1, -0.05) is 46.5 Å². The van der Waals surface area contributed by atoms with E-state index in [0.29, 0.717) is 44.9 Å². The number of aliphatic hydroxyl groups is 1. The molecule has 21 nitrogen and oxygen atoms in total. The maximum absolute atomic E-state index is 13.2. The first-order valence-corrected chi connectivity index (χ1v) is 21.9. The van der Waals surface area contributed by atoms with Crippen LogP contribution in [0.25, 0.3) is 0 Å². The summed E-state index contributed by atoms with van der Waals surface area (Å²) in [5.41, 5.74) is -6.13. The van der Waals surface area contributed by atoms with Crippen LogP contribution in [0.5, 0.6) is 0 Å². The average Bonchev–Trinajstić information content (AvgIpc) is 3.26. The van der Waals surface area contributed by atoms with Crippen LogP contribution >= 0.6 is 0 Å². The van der Waals surface area contributed by atoms with Gasteiger partial charge in [-0.15, -0.1) is 0 Å². The quantitative estimate of drug-likeness (QED) is 0.0463. The van der Waals surface area contributed by atoms with Crippen molar-refractivity contribution in [3.05, 3.63) is 0 Å². The number of hydrogen-bond donors (Lipinski definition) is 1. The molecule has 0 saturated carbocycles. The topological polar surface area (TPSA) is 268 Å². The Balaban J connectivity index is 5.01. The van der Waals surface area contributed by atoms with Gasteiger partial charge in [0.25, 0.3) is 0 Å². The molecule has 4 atom stereocenters. The summed E-state index contributed by atoms with van der Waals surface area (Å²) in [5, 5.41) is 9.60. The van der Waals surface area contributed by atoms with Crippen molar-refractivity contribution in [1.29, 1.82) is 0 Å². The van der Waals surface area contributed by atoms with E-state index in [2.05, 4.69) is 0 Å². The Morgan fingerprint density at radius 2 is 0.800 bits per heavy atom. The minimum absolute atomic E-state index is 0.00774. The van der Waals surface area contributed by atoms with Crippen LogP contribution in [0.1, 0.15) is 114 Å². The molecular formula is C44H74O21. The van der Waals surface area contributed by atoms with Crippen LogP contribution in [0.3, 0.4) is 0 Å². The maximum Gasteiger partial charge on any atom is 0.508 e. The molecule has 0 aliphatic heterocycles. The third-order valence-corrected chi connectivity index (χ3v) is 9.60. The number of aliphatic hydroxyl groups excluding tert-OH is 1. The lowest BCUT2D eigenvalue weighted by molar-refractivity contribution is -0.166. The van der Waals surface area contributed by atoms with Crippen molar-refractivity contribution in [3.8, 4) is 0 Å². The molecule has 0 bridgehead atoms. The Morgan fingerprint density at radius 3 is 1.17 bits per heavy atom. The SMILES string of the molecule is CCCCOC(=O)C(C)(COC(=O)OCCC(C)C)COC(=O)OCC(C)(COC(C)=O)C(=O)OCCCCCCCOC(=O)C(C)(COC)COC(=O)OCC(C)(CO)C(=O)OCC. The summed E-state index contributed by atoms with van der Waals surface area (Å²) < 4.78 is 61.9. The van der Waals surface area contributed by atoms with Crippen LogP contribution in [0.2, 0.25) is 0 Å². The summed E-state index contributed by atoms with van der Waals surface area (Å²) in [4.78, 5) is 99.9. The largest absolute Gasteiger partial charge is 0.508 e. The second-order valence-electron chi connectivity index (χ2n) is 17.1. The zero-order valence-electron chi connectivity index (χ0n) is 40.0. The van der Waals surface area contributed by atoms with Crippen LogP contribution in [-0.2, 0) is 80.8 Å². The predicted octanol–water partition coefficient (Wildman–Crippen LogP) is 5.66. The van der Waals surface area contributed by atoms with Gasteiger partial charge in [0.05, 0.1) is 46.2 Å². The third-order valence-electron chi connectivity index (χ3n) is 9.60. The van der Waals surface area contributed by atoms with E-state index in [-0.39, 0.29) is 45.6 Å². The molecule has 376 valence electrons. The van der Waals surface area contributed by atoms with E-state index >= 15 is 0 Å². The lowest BCUT2D eigenvalue weighted by Gasteiger charge is -2.28. The molecule has 0 aromatic heterocycles. The molecule has 0 spiro atoms. The van der Waals surface area contributed by atoms with E-state index in [1.54, 1.807) is 6.92 Å². The number of unbranched alkanes of at least 4 members (excludes halogenated alkanes) is 5. The molecule has 0 radical (unpaired) electrons. The average molecular weight is 939 g/mol. The molecule has 0 fully saturated rings. The lowest BCUT2D eigenvalue weighted by atomic mass is 9.93. The van der Waals surface area contributed by atoms with Crippen molar-refractivity contribution in [3.63, 3.8) is 0 Å². The number of hydrogen-bond acceptors (Lipinski definition) is 21. The van der Waals surface area contributed by atoms with Gasteiger partial charge in [-0.05, 0) is 66.2 Å². The lowest BCUT2D eigenvalue weighted by Crippen LogP contribution is -2.42. The fourth-order valence-corrected chi connectivity index (χ4v) is 5.02. The molecule has 0 amide bonds. The molecule has 21 heteroatoms. The Bertz CT molecular complexity index is 1480. The molecule has 0 aromatic carbocycles. The van der Waals surface area contributed by atoms with E-state index in [9.17, 15) is 43.5 Å². The van der Waals surface area contributed by atoms with Crippen molar-refractivity contribution in [2.75, 3.05) is 93.0 Å². The van der Waals surface area contributed by atoms with Gasteiger partial charge in [-0.3, -0.25) is 24.0 Å². The second kappa shape index (κ2) is 31.9. The standard InChI is InChI=1S/C44H74O21/c1-11-13-20-56-37(50)44(9,30-62-38(51)59-23-19-32(3)4)31-65-40(53)64-29-43(8,27-60-33(5)46)36(49)58-22-18-16-14-15-17-21-57-35(48)42(7,25-54-10)28-63-39(52)61-26-41(6,24-45)34(47)55-12-2/h32,45H,11-31H2,1-10H3. The van der Waals surface area contributed by atoms with Crippen LogP contribution < -0.4 is 0 Å². The Morgan fingerprint density at radius 1 is 0.446 bits per heavy atom. The molecule has 65 heavy (non-hydrogen) atoms.